The van der Waals surface area contributed by atoms with E-state index in [1.165, 1.54) is 12.4 Å². The highest BCUT2D eigenvalue weighted by atomic mass is 35.5. The Morgan fingerprint density at radius 3 is 2.33 bits per heavy atom. The summed E-state index contributed by atoms with van der Waals surface area (Å²) in [5.74, 6) is 0.536. The van der Waals surface area contributed by atoms with Crippen LogP contribution in [0.25, 0.3) is 0 Å². The average molecular weight is 326 g/mol. The lowest BCUT2D eigenvalue weighted by Gasteiger charge is -2.09. The van der Waals surface area contributed by atoms with Gasteiger partial charge in [-0.2, -0.15) is 0 Å². The van der Waals surface area contributed by atoms with Gasteiger partial charge in [0.2, 0.25) is 0 Å². The Labute approximate surface area is 129 Å². The molecular weight excluding hydrogens is 310 g/mol. The highest BCUT2D eigenvalue weighted by Crippen LogP contribution is 2.20. The number of halogens is 1. The second kappa shape index (κ2) is 6.41. The minimum atomic E-state index is -3.72. The molecule has 0 atom stereocenters. The molecule has 0 radical (unpaired) electrons. The van der Waals surface area contributed by atoms with Crippen LogP contribution in [0.2, 0.25) is 5.15 Å². The number of nitrogens with one attached hydrogen (secondary N) is 1. The predicted molar refractivity (Wildman–Crippen MR) is 82.8 cm³/mol. The largest absolute Gasteiger partial charge is 0.263 e. The predicted octanol–water partition coefficient (Wildman–Crippen LogP) is 3.13. The number of rotatable bonds is 5. The third-order valence-electron chi connectivity index (χ3n) is 2.76. The van der Waals surface area contributed by atoms with Crippen LogP contribution in [0.5, 0.6) is 0 Å². The van der Waals surface area contributed by atoms with Crippen molar-refractivity contribution in [3.05, 3.63) is 47.4 Å². The quantitative estimate of drug-likeness (QED) is 0.916. The standard InChI is InChI=1S/C14H16ClN3O2S/c1-10(2)9-11-3-5-12(6-4-11)21(19,20)18-14-13(15)16-7-8-17-14/h3-8,10H,9H2,1-2H3,(H,17,18). The fraction of sp³-hybridized carbons (Fsp3) is 0.286. The molecule has 2 rings (SSSR count). The molecule has 0 aliphatic rings. The zero-order valence-corrected chi connectivity index (χ0v) is 13.3. The molecule has 0 amide bonds. The van der Waals surface area contributed by atoms with Crippen LogP contribution < -0.4 is 4.72 Å². The summed E-state index contributed by atoms with van der Waals surface area (Å²) in [6, 6.07) is 6.77. The van der Waals surface area contributed by atoms with Gasteiger partial charge < -0.3 is 0 Å². The fourth-order valence-corrected chi connectivity index (χ4v) is 3.08. The summed E-state index contributed by atoms with van der Waals surface area (Å²) in [7, 11) is -3.72. The Morgan fingerprint density at radius 1 is 1.14 bits per heavy atom. The SMILES string of the molecule is CC(C)Cc1ccc(S(=O)(=O)Nc2nccnc2Cl)cc1. The van der Waals surface area contributed by atoms with E-state index in [1.54, 1.807) is 12.1 Å². The number of hydrogen-bond donors (Lipinski definition) is 1. The van der Waals surface area contributed by atoms with Gasteiger partial charge in [0, 0.05) is 12.4 Å². The minimum Gasteiger partial charge on any atom is -0.261 e. The minimum absolute atomic E-state index is 0.0116. The number of benzene rings is 1. The van der Waals surface area contributed by atoms with Crippen LogP contribution in [0.3, 0.4) is 0 Å². The first kappa shape index (κ1) is 15.7. The molecule has 0 unspecified atom stereocenters. The van der Waals surface area contributed by atoms with Gasteiger partial charge in [0.25, 0.3) is 10.0 Å². The van der Waals surface area contributed by atoms with Crippen LogP contribution in [0.4, 0.5) is 5.82 Å². The van der Waals surface area contributed by atoms with Gasteiger partial charge in [-0.3, -0.25) is 4.72 Å². The first-order valence-corrected chi connectivity index (χ1v) is 8.33. The topological polar surface area (TPSA) is 72.0 Å². The van der Waals surface area contributed by atoms with Crippen molar-refractivity contribution in [2.75, 3.05) is 4.72 Å². The normalized spacial score (nSPS) is 11.6. The Morgan fingerprint density at radius 2 is 1.76 bits per heavy atom. The number of hydrogen-bond acceptors (Lipinski definition) is 4. The molecule has 112 valence electrons. The van der Waals surface area contributed by atoms with Crippen molar-refractivity contribution in [2.45, 2.75) is 25.2 Å². The molecule has 7 heteroatoms. The third kappa shape index (κ3) is 4.15. The van der Waals surface area contributed by atoms with Gasteiger partial charge in [-0.05, 0) is 30.0 Å². The molecule has 0 fully saturated rings. The molecule has 0 saturated carbocycles. The van der Waals surface area contributed by atoms with E-state index in [1.807, 2.05) is 12.1 Å². The number of sulfonamides is 1. The molecular formula is C14H16ClN3O2S. The third-order valence-corrected chi connectivity index (χ3v) is 4.39. The van der Waals surface area contributed by atoms with Crippen LogP contribution in [0, 0.1) is 5.92 Å². The summed E-state index contributed by atoms with van der Waals surface area (Å²) in [4.78, 5) is 7.80. The van der Waals surface area contributed by atoms with Crippen molar-refractivity contribution in [3.63, 3.8) is 0 Å². The maximum Gasteiger partial charge on any atom is 0.263 e. The van der Waals surface area contributed by atoms with Crippen LogP contribution in [-0.2, 0) is 16.4 Å². The first-order valence-electron chi connectivity index (χ1n) is 6.47. The van der Waals surface area contributed by atoms with E-state index in [0.29, 0.717) is 5.92 Å². The van der Waals surface area contributed by atoms with E-state index in [9.17, 15) is 8.42 Å². The summed E-state index contributed by atoms with van der Waals surface area (Å²) in [6.07, 6.45) is 3.67. The van der Waals surface area contributed by atoms with Gasteiger partial charge in [-0.1, -0.05) is 37.6 Å². The van der Waals surface area contributed by atoms with E-state index >= 15 is 0 Å². The molecule has 1 aromatic carbocycles. The highest BCUT2D eigenvalue weighted by Gasteiger charge is 2.16. The van der Waals surface area contributed by atoms with Gasteiger partial charge in [-0.25, -0.2) is 18.4 Å². The summed E-state index contributed by atoms with van der Waals surface area (Å²) < 4.78 is 26.8. The fourth-order valence-electron chi connectivity index (χ4n) is 1.85. The van der Waals surface area contributed by atoms with Crippen molar-refractivity contribution in [2.24, 2.45) is 5.92 Å². The summed E-state index contributed by atoms with van der Waals surface area (Å²) in [5.41, 5.74) is 1.10. The van der Waals surface area contributed by atoms with Gasteiger partial charge in [0.1, 0.15) is 0 Å². The zero-order valence-electron chi connectivity index (χ0n) is 11.7. The number of anilines is 1. The second-order valence-corrected chi connectivity index (χ2v) is 7.08. The highest BCUT2D eigenvalue weighted by molar-refractivity contribution is 7.92. The Balaban J connectivity index is 2.22. The monoisotopic (exact) mass is 325 g/mol. The lowest BCUT2D eigenvalue weighted by molar-refractivity contribution is 0.601. The number of nitrogens with zero attached hydrogens (tertiary/aromatic N) is 2. The van der Waals surface area contributed by atoms with Crippen molar-refractivity contribution in [3.8, 4) is 0 Å². The molecule has 0 bridgehead atoms. The van der Waals surface area contributed by atoms with E-state index in [2.05, 4.69) is 28.5 Å². The lowest BCUT2D eigenvalue weighted by atomic mass is 10.0. The Kier molecular flexibility index (Phi) is 4.80. The van der Waals surface area contributed by atoms with Crippen molar-refractivity contribution < 1.29 is 8.42 Å². The van der Waals surface area contributed by atoms with Gasteiger partial charge in [0.15, 0.2) is 11.0 Å². The van der Waals surface area contributed by atoms with Gasteiger partial charge in [0.05, 0.1) is 4.90 Å². The van der Waals surface area contributed by atoms with Crippen molar-refractivity contribution in [1.29, 1.82) is 0 Å². The van der Waals surface area contributed by atoms with Crippen LogP contribution >= 0.6 is 11.6 Å². The molecule has 21 heavy (non-hydrogen) atoms. The van der Waals surface area contributed by atoms with E-state index in [0.717, 1.165) is 12.0 Å². The molecule has 0 aliphatic heterocycles. The maximum absolute atomic E-state index is 12.2. The average Bonchev–Trinajstić information content (AvgIpc) is 2.41. The Bertz CT molecular complexity index is 715. The van der Waals surface area contributed by atoms with Crippen LogP contribution in [-0.4, -0.2) is 18.4 Å². The van der Waals surface area contributed by atoms with Gasteiger partial charge in [-0.15, -0.1) is 0 Å². The molecule has 1 aromatic heterocycles. The summed E-state index contributed by atoms with van der Waals surface area (Å²) >= 11 is 5.80. The first-order chi connectivity index (χ1) is 9.88. The molecule has 0 aliphatic carbocycles. The van der Waals surface area contributed by atoms with Crippen LogP contribution in [0.15, 0.2) is 41.6 Å². The smallest absolute Gasteiger partial charge is 0.261 e. The summed E-state index contributed by atoms with van der Waals surface area (Å²) in [5, 5.41) is 0.0116. The molecule has 1 heterocycles. The van der Waals surface area contributed by atoms with Crippen LogP contribution in [0.1, 0.15) is 19.4 Å². The van der Waals surface area contributed by atoms with Crippen molar-refractivity contribution >= 4 is 27.4 Å². The Hall–Kier alpha value is -1.66. The molecule has 0 spiro atoms. The maximum atomic E-state index is 12.2. The zero-order chi connectivity index (χ0) is 15.5. The van der Waals surface area contributed by atoms with E-state index in [-0.39, 0.29) is 15.9 Å². The summed E-state index contributed by atoms with van der Waals surface area (Å²) in [6.45, 7) is 4.23. The molecule has 5 nitrogen and oxygen atoms in total. The van der Waals surface area contributed by atoms with Gasteiger partial charge >= 0.3 is 0 Å². The number of aromatic nitrogens is 2. The second-order valence-electron chi connectivity index (χ2n) is 5.04. The van der Waals surface area contributed by atoms with E-state index < -0.39 is 10.0 Å². The van der Waals surface area contributed by atoms with Crippen molar-refractivity contribution in [1.82, 2.24) is 9.97 Å². The van der Waals surface area contributed by atoms with E-state index in [4.69, 9.17) is 11.6 Å². The molecule has 1 N–H and O–H groups in total. The lowest BCUT2D eigenvalue weighted by Crippen LogP contribution is -2.14. The molecule has 2 aromatic rings. The molecule has 0 saturated heterocycles.